The maximum Gasteiger partial charge on any atom is 0.138 e. The number of nitrogens with zero attached hydrogens (tertiary/aromatic N) is 1. The zero-order valence-electron chi connectivity index (χ0n) is 14.7. The summed E-state index contributed by atoms with van der Waals surface area (Å²) in [5.41, 5.74) is 7.44. The normalized spacial score (nSPS) is 17.7. The number of thioether (sulfide) groups is 1. The smallest absolute Gasteiger partial charge is 0.138 e. The second kappa shape index (κ2) is 5.89. The molecule has 27 heavy (non-hydrogen) atoms. The van der Waals surface area contributed by atoms with Gasteiger partial charge in [0.15, 0.2) is 0 Å². The van der Waals surface area contributed by atoms with Gasteiger partial charge in [-0.2, -0.15) is 0 Å². The van der Waals surface area contributed by atoms with Gasteiger partial charge in [0.1, 0.15) is 11.6 Å². The van der Waals surface area contributed by atoms with Crippen molar-refractivity contribution in [2.24, 2.45) is 0 Å². The molecule has 0 aliphatic carbocycles. The van der Waals surface area contributed by atoms with Gasteiger partial charge in [0.25, 0.3) is 0 Å². The lowest BCUT2D eigenvalue weighted by Crippen LogP contribution is -1.93. The number of H-pyrrole nitrogens is 1. The first-order chi connectivity index (χ1) is 13.3. The Morgan fingerprint density at radius 1 is 1.00 bits per heavy atom. The third-order valence-corrected chi connectivity index (χ3v) is 6.85. The zero-order chi connectivity index (χ0) is 17.8. The van der Waals surface area contributed by atoms with E-state index in [9.17, 15) is 0 Å². The number of nitrogens with one attached hydrogen (secondary N) is 1. The van der Waals surface area contributed by atoms with Crippen LogP contribution in [0.4, 0.5) is 0 Å². The Labute approximate surface area is 161 Å². The van der Waals surface area contributed by atoms with Crippen molar-refractivity contribution in [2.45, 2.75) is 23.0 Å². The van der Waals surface area contributed by atoms with Crippen molar-refractivity contribution in [3.05, 3.63) is 77.4 Å². The molecule has 3 heterocycles. The molecule has 132 valence electrons. The topological polar surface area (TPSA) is 37.9 Å². The quantitative estimate of drug-likeness (QED) is 0.502. The first kappa shape index (κ1) is 15.3. The van der Waals surface area contributed by atoms with E-state index in [2.05, 4.69) is 47.4 Å². The summed E-state index contributed by atoms with van der Waals surface area (Å²) in [4.78, 5) is 9.56. The van der Waals surface area contributed by atoms with E-state index in [0.29, 0.717) is 5.25 Å². The third kappa shape index (κ3) is 2.55. The number of benzene rings is 3. The van der Waals surface area contributed by atoms with Gasteiger partial charge in [0.2, 0.25) is 0 Å². The average molecular weight is 370 g/mol. The Balaban J connectivity index is 1.32. The van der Waals surface area contributed by atoms with Crippen LogP contribution in [0.15, 0.2) is 65.6 Å². The standard InChI is InChI=1S/C23H18N2OS/c1-2-4-19-18(3-1)24-23(25-19)17-6-5-16-12-21(27-22(16)13-17)15-7-8-20-14(11-15)9-10-26-20/h1-8,11,13,21H,9-10,12H2,(H,24,25). The van der Waals surface area contributed by atoms with Gasteiger partial charge in [-0.1, -0.05) is 36.4 Å². The predicted octanol–water partition coefficient (Wildman–Crippen LogP) is 5.55. The number of imidazole rings is 1. The maximum atomic E-state index is 5.65. The maximum absolute atomic E-state index is 5.65. The third-order valence-electron chi connectivity index (χ3n) is 5.49. The van der Waals surface area contributed by atoms with Crippen LogP contribution in [0.3, 0.4) is 0 Å². The minimum Gasteiger partial charge on any atom is -0.493 e. The van der Waals surface area contributed by atoms with Crippen LogP contribution < -0.4 is 4.74 Å². The minimum atomic E-state index is 0.483. The fourth-order valence-corrected chi connectivity index (χ4v) is 5.41. The van der Waals surface area contributed by atoms with Gasteiger partial charge in [-0.15, -0.1) is 11.8 Å². The molecule has 3 nitrogen and oxygen atoms in total. The van der Waals surface area contributed by atoms with Crippen molar-refractivity contribution in [1.29, 1.82) is 0 Å². The molecular weight excluding hydrogens is 352 g/mol. The fourth-order valence-electron chi connectivity index (χ4n) is 4.06. The van der Waals surface area contributed by atoms with Gasteiger partial charge in [-0.05, 0) is 47.4 Å². The summed E-state index contributed by atoms with van der Waals surface area (Å²) < 4.78 is 5.65. The molecule has 0 fully saturated rings. The SMILES string of the molecule is c1ccc2[nH]c(-c3ccc4c(c3)SC(c3ccc5c(c3)CCO5)C4)nc2c1. The summed E-state index contributed by atoms with van der Waals surface area (Å²) in [6.45, 7) is 0.817. The van der Waals surface area contributed by atoms with Crippen molar-refractivity contribution in [3.8, 4) is 17.1 Å². The van der Waals surface area contributed by atoms with E-state index < -0.39 is 0 Å². The van der Waals surface area contributed by atoms with E-state index in [0.717, 1.165) is 47.6 Å². The van der Waals surface area contributed by atoms with Crippen molar-refractivity contribution < 1.29 is 4.74 Å². The van der Waals surface area contributed by atoms with Gasteiger partial charge in [0.05, 0.1) is 17.6 Å². The van der Waals surface area contributed by atoms with E-state index in [1.807, 2.05) is 30.0 Å². The number of rotatable bonds is 2. The summed E-state index contributed by atoms with van der Waals surface area (Å²) >= 11 is 1.97. The number of aromatic amines is 1. The molecule has 6 rings (SSSR count). The Bertz CT molecular complexity index is 1150. The van der Waals surface area contributed by atoms with Crippen LogP contribution in [0, 0.1) is 0 Å². The monoisotopic (exact) mass is 370 g/mol. The molecular formula is C23H18N2OS. The molecule has 4 aromatic rings. The molecule has 0 saturated carbocycles. The molecule has 0 saturated heterocycles. The lowest BCUT2D eigenvalue weighted by Gasteiger charge is -2.10. The summed E-state index contributed by atoms with van der Waals surface area (Å²) in [7, 11) is 0. The highest BCUT2D eigenvalue weighted by Gasteiger charge is 2.26. The van der Waals surface area contributed by atoms with Crippen molar-refractivity contribution in [1.82, 2.24) is 9.97 Å². The predicted molar refractivity (Wildman–Crippen MR) is 109 cm³/mol. The van der Waals surface area contributed by atoms with Gasteiger partial charge in [-0.3, -0.25) is 0 Å². The molecule has 1 atom stereocenters. The Morgan fingerprint density at radius 3 is 2.93 bits per heavy atom. The summed E-state index contributed by atoms with van der Waals surface area (Å²) in [6.07, 6.45) is 2.11. The van der Waals surface area contributed by atoms with Crippen molar-refractivity contribution in [2.75, 3.05) is 6.61 Å². The van der Waals surface area contributed by atoms with Gasteiger partial charge in [0, 0.05) is 22.1 Å². The second-order valence-corrected chi connectivity index (χ2v) is 8.45. The molecule has 3 aromatic carbocycles. The molecule has 1 unspecified atom stereocenters. The largest absolute Gasteiger partial charge is 0.493 e. The molecule has 2 aliphatic rings. The van der Waals surface area contributed by atoms with E-state index in [1.165, 1.54) is 21.6 Å². The first-order valence-corrected chi connectivity index (χ1v) is 10.2. The fraction of sp³-hybridized carbons (Fsp3) is 0.174. The average Bonchev–Trinajstić information content (AvgIpc) is 3.42. The summed E-state index contributed by atoms with van der Waals surface area (Å²) in [5, 5.41) is 0.483. The van der Waals surface area contributed by atoms with Crippen LogP contribution in [0.2, 0.25) is 0 Å². The number of hydrogen-bond donors (Lipinski definition) is 1. The molecule has 0 bridgehead atoms. The molecule has 4 heteroatoms. The summed E-state index contributed by atoms with van der Waals surface area (Å²) in [5.74, 6) is 2.00. The van der Waals surface area contributed by atoms with E-state index in [1.54, 1.807) is 0 Å². The lowest BCUT2D eigenvalue weighted by molar-refractivity contribution is 0.357. The minimum absolute atomic E-state index is 0.483. The Hall–Kier alpha value is -2.72. The van der Waals surface area contributed by atoms with Crippen LogP contribution >= 0.6 is 11.8 Å². The molecule has 2 aliphatic heterocycles. The van der Waals surface area contributed by atoms with Crippen molar-refractivity contribution >= 4 is 22.8 Å². The number of para-hydroxylation sites is 2. The highest BCUT2D eigenvalue weighted by molar-refractivity contribution is 7.99. The van der Waals surface area contributed by atoms with Crippen LogP contribution in [0.1, 0.15) is 21.9 Å². The molecule has 1 aromatic heterocycles. The lowest BCUT2D eigenvalue weighted by atomic mass is 10.0. The molecule has 1 N–H and O–H groups in total. The van der Waals surface area contributed by atoms with Crippen LogP contribution in [0.5, 0.6) is 5.75 Å². The van der Waals surface area contributed by atoms with Crippen LogP contribution in [-0.4, -0.2) is 16.6 Å². The van der Waals surface area contributed by atoms with Crippen molar-refractivity contribution in [3.63, 3.8) is 0 Å². The van der Waals surface area contributed by atoms with Crippen LogP contribution in [0.25, 0.3) is 22.4 Å². The van der Waals surface area contributed by atoms with Crippen LogP contribution in [-0.2, 0) is 12.8 Å². The molecule has 0 spiro atoms. The molecule has 0 radical (unpaired) electrons. The van der Waals surface area contributed by atoms with Gasteiger partial charge >= 0.3 is 0 Å². The number of aromatic nitrogens is 2. The highest BCUT2D eigenvalue weighted by atomic mass is 32.2. The number of fused-ring (bicyclic) bond motifs is 3. The van der Waals surface area contributed by atoms with E-state index in [4.69, 9.17) is 9.72 Å². The van der Waals surface area contributed by atoms with E-state index in [-0.39, 0.29) is 0 Å². The number of ether oxygens (including phenoxy) is 1. The second-order valence-electron chi connectivity index (χ2n) is 7.20. The Morgan fingerprint density at radius 2 is 1.96 bits per heavy atom. The van der Waals surface area contributed by atoms with Gasteiger partial charge in [-0.25, -0.2) is 4.98 Å². The first-order valence-electron chi connectivity index (χ1n) is 9.34. The highest BCUT2D eigenvalue weighted by Crippen LogP contribution is 2.48. The molecule has 0 amide bonds. The van der Waals surface area contributed by atoms with E-state index >= 15 is 0 Å². The Kier molecular flexibility index (Phi) is 3.35. The number of hydrogen-bond acceptors (Lipinski definition) is 3. The zero-order valence-corrected chi connectivity index (χ0v) is 15.6. The van der Waals surface area contributed by atoms with Gasteiger partial charge < -0.3 is 9.72 Å². The summed E-state index contributed by atoms with van der Waals surface area (Å²) in [6, 6.07) is 21.6.